The molecule has 0 aliphatic heterocycles. The molecule has 172 valence electrons. The van der Waals surface area contributed by atoms with Gasteiger partial charge in [-0.2, -0.15) is 0 Å². The lowest BCUT2D eigenvalue weighted by Gasteiger charge is -2.12. The van der Waals surface area contributed by atoms with Crippen molar-refractivity contribution in [2.75, 3.05) is 0 Å². The van der Waals surface area contributed by atoms with Crippen molar-refractivity contribution in [2.45, 2.75) is 0 Å². The molecule has 0 bridgehead atoms. The minimum absolute atomic E-state index is 0.0356. The lowest BCUT2D eigenvalue weighted by molar-refractivity contribution is 0.0733. The number of fused-ring (bicyclic) bond motifs is 1. The molecular weight excluding hydrogens is 576 g/mol. The van der Waals surface area contributed by atoms with Crippen molar-refractivity contribution in [1.82, 2.24) is 0 Å². The van der Waals surface area contributed by atoms with Crippen LogP contribution >= 0.6 is 31.9 Å². The monoisotopic (exact) mass is 588 g/mol. The Hall–Kier alpha value is -3.76. The molecule has 0 aliphatic rings. The fourth-order valence-corrected chi connectivity index (χ4v) is 3.60. The van der Waals surface area contributed by atoms with Crippen LogP contribution in [0.1, 0.15) is 20.7 Å². The number of carbonyl (C=O) groups is 2. The first-order valence-electron chi connectivity index (χ1n) is 9.54. The van der Waals surface area contributed by atoms with Gasteiger partial charge in [-0.3, -0.25) is 0 Å². The number of esters is 2. The molecule has 0 aromatic heterocycles. The normalized spacial score (nSPS) is 10.8. The largest absolute Gasteiger partial charge is 0.507 e. The van der Waals surface area contributed by atoms with Gasteiger partial charge in [0.15, 0.2) is 0 Å². The second-order valence-corrected chi connectivity index (χ2v) is 8.66. The molecule has 0 fully saturated rings. The second-order valence-electron chi connectivity index (χ2n) is 7.08. The van der Waals surface area contributed by atoms with Gasteiger partial charge in [0.2, 0.25) is 0 Å². The van der Waals surface area contributed by atoms with E-state index >= 15 is 0 Å². The summed E-state index contributed by atoms with van der Waals surface area (Å²) in [5.74, 6) is -3.02. The highest BCUT2D eigenvalue weighted by molar-refractivity contribution is 9.11. The highest BCUT2D eigenvalue weighted by atomic mass is 79.9. The quantitative estimate of drug-likeness (QED) is 0.178. The Morgan fingerprint density at radius 3 is 1.65 bits per heavy atom. The van der Waals surface area contributed by atoms with Crippen LogP contribution in [0.4, 0.5) is 0 Å². The summed E-state index contributed by atoms with van der Waals surface area (Å²) in [6, 6.07) is 14.3. The van der Waals surface area contributed by atoms with Gasteiger partial charge in [0.1, 0.15) is 43.4 Å². The molecule has 0 aliphatic carbocycles. The van der Waals surface area contributed by atoms with Crippen LogP contribution < -0.4 is 9.47 Å². The maximum Gasteiger partial charge on any atom is 0.343 e. The molecule has 4 N–H and O–H groups in total. The minimum atomic E-state index is -0.867. The number of aromatic hydroxyl groups is 4. The van der Waals surface area contributed by atoms with Gasteiger partial charge in [0, 0.05) is 11.5 Å². The van der Waals surface area contributed by atoms with Crippen molar-refractivity contribution in [3.05, 3.63) is 80.7 Å². The molecule has 0 saturated carbocycles. The van der Waals surface area contributed by atoms with E-state index in [2.05, 4.69) is 31.9 Å². The van der Waals surface area contributed by atoms with E-state index in [0.717, 1.165) is 24.3 Å². The van der Waals surface area contributed by atoms with Gasteiger partial charge < -0.3 is 29.9 Å². The van der Waals surface area contributed by atoms with E-state index in [9.17, 15) is 30.0 Å². The fourth-order valence-electron chi connectivity index (χ4n) is 3.14. The molecule has 4 aromatic rings. The predicted molar refractivity (Wildman–Crippen MR) is 129 cm³/mol. The standard InChI is InChI=1S/C24H14Br2O8/c25-21-16(27)6-12(7-17(21)28)23(31)33-14-5-11-3-1-2-4-15(11)20(10-14)34-24(32)13-8-18(29)22(26)19(30)9-13/h1-10,27-30H. The lowest BCUT2D eigenvalue weighted by Crippen LogP contribution is -2.11. The smallest absolute Gasteiger partial charge is 0.343 e. The fraction of sp³-hybridized carbons (Fsp3) is 0. The number of halogens is 2. The average Bonchev–Trinajstić information content (AvgIpc) is 2.80. The first-order valence-corrected chi connectivity index (χ1v) is 11.1. The number of ether oxygens (including phenoxy) is 2. The summed E-state index contributed by atoms with van der Waals surface area (Å²) in [5, 5.41) is 40.5. The van der Waals surface area contributed by atoms with E-state index in [-0.39, 0.29) is 54.6 Å². The van der Waals surface area contributed by atoms with E-state index in [1.54, 1.807) is 30.3 Å². The molecule has 0 heterocycles. The zero-order valence-corrected chi connectivity index (χ0v) is 20.1. The Kier molecular flexibility index (Phi) is 6.36. The van der Waals surface area contributed by atoms with E-state index in [4.69, 9.17) is 9.47 Å². The highest BCUT2D eigenvalue weighted by Gasteiger charge is 2.19. The topological polar surface area (TPSA) is 134 Å². The van der Waals surface area contributed by atoms with Gasteiger partial charge >= 0.3 is 11.9 Å². The second kappa shape index (κ2) is 9.24. The first kappa shape index (κ1) is 23.4. The van der Waals surface area contributed by atoms with Gasteiger partial charge in [-0.25, -0.2) is 9.59 Å². The zero-order chi connectivity index (χ0) is 24.6. The van der Waals surface area contributed by atoms with Crippen LogP contribution in [0.15, 0.2) is 69.6 Å². The summed E-state index contributed by atoms with van der Waals surface area (Å²) in [6.07, 6.45) is 0. The molecule has 0 unspecified atom stereocenters. The SMILES string of the molecule is O=C(Oc1cc(OC(=O)c2cc(O)c(Br)c(O)c2)c2ccccc2c1)c1cc(O)c(Br)c(O)c1. The number of carbonyl (C=O) groups excluding carboxylic acids is 2. The Balaban J connectivity index is 1.68. The summed E-state index contributed by atoms with van der Waals surface area (Å²) in [5.41, 5.74) is -0.212. The third-order valence-corrected chi connectivity index (χ3v) is 6.38. The zero-order valence-electron chi connectivity index (χ0n) is 17.0. The number of phenols is 4. The Morgan fingerprint density at radius 2 is 1.12 bits per heavy atom. The van der Waals surface area contributed by atoms with E-state index < -0.39 is 11.9 Å². The van der Waals surface area contributed by atoms with Crippen LogP contribution in [-0.4, -0.2) is 32.4 Å². The van der Waals surface area contributed by atoms with Crippen LogP contribution in [0.3, 0.4) is 0 Å². The third-order valence-electron chi connectivity index (χ3n) is 4.75. The highest BCUT2D eigenvalue weighted by Crippen LogP contribution is 2.37. The average molecular weight is 590 g/mol. The van der Waals surface area contributed by atoms with Gasteiger partial charge in [0.05, 0.1) is 11.1 Å². The van der Waals surface area contributed by atoms with Gasteiger partial charge in [-0.05, 0) is 67.6 Å². The summed E-state index contributed by atoms with van der Waals surface area (Å²) in [4.78, 5) is 25.3. The van der Waals surface area contributed by atoms with Crippen molar-refractivity contribution in [3.63, 3.8) is 0 Å². The van der Waals surface area contributed by atoms with Crippen LogP contribution in [0, 0.1) is 0 Å². The van der Waals surface area contributed by atoms with Crippen LogP contribution in [0.25, 0.3) is 10.8 Å². The van der Waals surface area contributed by atoms with Gasteiger partial charge in [-0.1, -0.05) is 24.3 Å². The molecule has 0 saturated heterocycles. The Labute approximate surface area is 208 Å². The van der Waals surface area contributed by atoms with Crippen molar-refractivity contribution in [3.8, 4) is 34.5 Å². The third kappa shape index (κ3) is 4.63. The Morgan fingerprint density at radius 1 is 0.647 bits per heavy atom. The summed E-state index contributed by atoms with van der Waals surface area (Å²) in [7, 11) is 0. The van der Waals surface area contributed by atoms with E-state index in [1.165, 1.54) is 6.07 Å². The number of hydrogen-bond donors (Lipinski definition) is 4. The van der Waals surface area contributed by atoms with Gasteiger partial charge in [-0.15, -0.1) is 0 Å². The maximum absolute atomic E-state index is 12.7. The summed E-state index contributed by atoms with van der Waals surface area (Å²) >= 11 is 5.98. The minimum Gasteiger partial charge on any atom is -0.507 e. The number of rotatable bonds is 4. The van der Waals surface area contributed by atoms with Crippen molar-refractivity contribution < 1.29 is 39.5 Å². The molecule has 34 heavy (non-hydrogen) atoms. The van der Waals surface area contributed by atoms with Crippen molar-refractivity contribution in [1.29, 1.82) is 0 Å². The van der Waals surface area contributed by atoms with Crippen molar-refractivity contribution in [2.24, 2.45) is 0 Å². The number of benzene rings is 4. The van der Waals surface area contributed by atoms with Crippen molar-refractivity contribution >= 4 is 54.6 Å². The molecule has 0 amide bonds. The predicted octanol–water partition coefficient (Wildman–Crippen LogP) is 5.63. The van der Waals surface area contributed by atoms with Crippen LogP contribution in [-0.2, 0) is 0 Å². The number of hydrogen-bond acceptors (Lipinski definition) is 8. The first-order chi connectivity index (χ1) is 16.1. The summed E-state index contributed by atoms with van der Waals surface area (Å²) < 4.78 is 10.9. The molecular formula is C24H14Br2O8. The van der Waals surface area contributed by atoms with Crippen LogP contribution in [0.2, 0.25) is 0 Å². The molecule has 0 atom stereocenters. The molecule has 8 nitrogen and oxygen atoms in total. The van der Waals surface area contributed by atoms with E-state index in [0.29, 0.717) is 10.8 Å². The maximum atomic E-state index is 12.7. The van der Waals surface area contributed by atoms with Gasteiger partial charge in [0.25, 0.3) is 0 Å². The molecule has 0 spiro atoms. The lowest BCUT2D eigenvalue weighted by atomic mass is 10.1. The Bertz CT molecular complexity index is 1420. The van der Waals surface area contributed by atoms with E-state index in [1.807, 2.05) is 0 Å². The molecule has 4 aromatic carbocycles. The molecule has 10 heteroatoms. The molecule has 0 radical (unpaired) electrons. The molecule has 4 rings (SSSR count). The summed E-state index contributed by atoms with van der Waals surface area (Å²) in [6.45, 7) is 0. The number of phenolic OH excluding ortho intramolecular Hbond substituents is 4. The van der Waals surface area contributed by atoms with Crippen LogP contribution in [0.5, 0.6) is 34.5 Å².